The number of carbonyl (C=O) groups excluding carboxylic acids is 1. The summed E-state index contributed by atoms with van der Waals surface area (Å²) >= 11 is 0. The van der Waals surface area contributed by atoms with Gasteiger partial charge < -0.3 is 4.98 Å². The zero-order chi connectivity index (χ0) is 25.2. The monoisotopic (exact) mass is 455 g/mol. The predicted octanol–water partition coefficient (Wildman–Crippen LogP) is 9.64. The minimum Gasteiger partial charge on any atom is -0.361 e. The van der Waals surface area contributed by atoms with Crippen molar-refractivity contribution < 1.29 is 9.18 Å². The Bertz CT molecular complexity index is 880. The SMILES string of the molecule is CC(=O)c1ccc2cc[nH]c2c1.CCC.CCC[C@H](C)CC(C)C.CCc1ccc(F)cc1. The number of halogens is 1. The lowest BCUT2D eigenvalue weighted by atomic mass is 9.95. The molecule has 2 aromatic carbocycles. The second-order valence-electron chi connectivity index (χ2n) is 9.05. The van der Waals surface area contributed by atoms with Gasteiger partial charge in [0, 0.05) is 17.3 Å². The fraction of sp³-hybridized carbons (Fsp3) is 0.500. The molecule has 0 aliphatic carbocycles. The fourth-order valence-corrected chi connectivity index (χ4v) is 3.40. The van der Waals surface area contributed by atoms with E-state index in [0.29, 0.717) is 0 Å². The highest BCUT2D eigenvalue weighted by atomic mass is 19.1. The molecule has 3 aromatic rings. The standard InChI is InChI=1S/C10H9NO.C9H20.C8H9F.C3H8/c1-7(12)9-3-2-8-4-5-11-10(8)6-9;1-5-6-9(4)7-8(2)3;1-2-7-3-5-8(9)6-4-7;1-3-2/h2-6,11H,1H3;8-9H,5-7H2,1-4H3;3-6H,2H2,1H3;3H2,1-2H3/t;9-;;/m.0../s1. The van der Waals surface area contributed by atoms with Gasteiger partial charge >= 0.3 is 0 Å². The average Bonchev–Trinajstić information content (AvgIpc) is 3.23. The third-order valence-corrected chi connectivity index (χ3v) is 4.94. The summed E-state index contributed by atoms with van der Waals surface area (Å²) < 4.78 is 12.2. The Morgan fingerprint density at radius 1 is 0.939 bits per heavy atom. The maximum atomic E-state index is 12.2. The van der Waals surface area contributed by atoms with Crippen LogP contribution in [0.1, 0.15) is 97.0 Å². The zero-order valence-electron chi connectivity index (χ0n) is 22.2. The van der Waals surface area contributed by atoms with Gasteiger partial charge in [0.1, 0.15) is 5.82 Å². The van der Waals surface area contributed by atoms with Crippen molar-refractivity contribution in [3.05, 3.63) is 71.7 Å². The summed E-state index contributed by atoms with van der Waals surface area (Å²) in [6, 6.07) is 14.2. The van der Waals surface area contributed by atoms with Crippen LogP contribution in [0.3, 0.4) is 0 Å². The lowest BCUT2D eigenvalue weighted by Gasteiger charge is -2.11. The molecule has 0 bridgehead atoms. The molecular formula is C30H46FNO. The molecule has 0 amide bonds. The van der Waals surface area contributed by atoms with E-state index in [-0.39, 0.29) is 11.6 Å². The number of nitrogens with one attached hydrogen (secondary N) is 1. The molecule has 3 rings (SSSR count). The van der Waals surface area contributed by atoms with Crippen LogP contribution in [0.5, 0.6) is 0 Å². The van der Waals surface area contributed by atoms with Gasteiger partial charge in [-0.15, -0.1) is 0 Å². The molecular weight excluding hydrogens is 409 g/mol. The number of ketones is 1. The molecule has 0 aliphatic rings. The number of hydrogen-bond donors (Lipinski definition) is 1. The van der Waals surface area contributed by atoms with Crippen LogP contribution in [-0.2, 0) is 6.42 Å². The van der Waals surface area contributed by atoms with E-state index in [1.807, 2.05) is 37.4 Å². The van der Waals surface area contributed by atoms with Crippen molar-refractivity contribution in [3.63, 3.8) is 0 Å². The molecule has 0 fully saturated rings. The van der Waals surface area contributed by atoms with E-state index in [2.05, 4.69) is 46.5 Å². The molecule has 33 heavy (non-hydrogen) atoms. The van der Waals surface area contributed by atoms with E-state index in [1.165, 1.54) is 43.4 Å². The van der Waals surface area contributed by atoms with E-state index in [9.17, 15) is 9.18 Å². The minimum atomic E-state index is -0.160. The third kappa shape index (κ3) is 14.4. The second-order valence-corrected chi connectivity index (χ2v) is 9.05. The van der Waals surface area contributed by atoms with Gasteiger partial charge in [-0.2, -0.15) is 0 Å². The van der Waals surface area contributed by atoms with E-state index < -0.39 is 0 Å². The Morgan fingerprint density at radius 2 is 1.55 bits per heavy atom. The normalized spacial score (nSPS) is 10.8. The number of rotatable bonds is 6. The molecule has 3 heteroatoms. The summed E-state index contributed by atoms with van der Waals surface area (Å²) in [7, 11) is 0. The van der Waals surface area contributed by atoms with Gasteiger partial charge in [0.05, 0.1) is 0 Å². The molecule has 2 nitrogen and oxygen atoms in total. The molecule has 1 atom stereocenters. The Morgan fingerprint density at radius 3 is 2.03 bits per heavy atom. The molecule has 0 radical (unpaired) electrons. The van der Waals surface area contributed by atoms with Crippen molar-refractivity contribution in [2.75, 3.05) is 0 Å². The minimum absolute atomic E-state index is 0.103. The number of aryl methyl sites for hydroxylation is 1. The third-order valence-electron chi connectivity index (χ3n) is 4.94. The lowest BCUT2D eigenvalue weighted by molar-refractivity contribution is 0.101. The molecule has 0 unspecified atom stereocenters. The number of hydrogen-bond acceptors (Lipinski definition) is 1. The number of aromatic amines is 1. The van der Waals surface area contributed by atoms with E-state index in [1.54, 1.807) is 19.1 Å². The van der Waals surface area contributed by atoms with Gasteiger partial charge in [0.2, 0.25) is 0 Å². The summed E-state index contributed by atoms with van der Waals surface area (Å²) in [6.07, 6.45) is 8.23. The van der Waals surface area contributed by atoms with Crippen molar-refractivity contribution in [2.24, 2.45) is 11.8 Å². The van der Waals surface area contributed by atoms with Crippen LogP contribution in [0.25, 0.3) is 10.9 Å². The second kappa shape index (κ2) is 18.1. The highest BCUT2D eigenvalue weighted by Crippen LogP contribution is 2.15. The van der Waals surface area contributed by atoms with Gasteiger partial charge in [-0.25, -0.2) is 4.39 Å². The first kappa shape index (κ1) is 30.6. The van der Waals surface area contributed by atoms with Gasteiger partial charge in [0.25, 0.3) is 0 Å². The number of aromatic nitrogens is 1. The zero-order valence-corrected chi connectivity index (χ0v) is 22.2. The van der Waals surface area contributed by atoms with Crippen molar-refractivity contribution in [2.45, 2.75) is 87.5 Å². The molecule has 1 aromatic heterocycles. The number of Topliss-reactive ketones (excluding diaryl/α,β-unsaturated/α-hetero) is 1. The molecule has 0 saturated heterocycles. The first-order valence-corrected chi connectivity index (χ1v) is 12.5. The summed E-state index contributed by atoms with van der Waals surface area (Å²) in [5.74, 6) is 1.76. The van der Waals surface area contributed by atoms with Crippen LogP contribution in [0.15, 0.2) is 54.7 Å². The van der Waals surface area contributed by atoms with Crippen LogP contribution in [-0.4, -0.2) is 10.8 Å². The van der Waals surface area contributed by atoms with Crippen molar-refractivity contribution in [1.82, 2.24) is 4.98 Å². The van der Waals surface area contributed by atoms with Gasteiger partial charge in [0.15, 0.2) is 5.78 Å². The molecule has 0 saturated carbocycles. The van der Waals surface area contributed by atoms with Gasteiger partial charge in [-0.1, -0.05) is 92.0 Å². The smallest absolute Gasteiger partial charge is 0.159 e. The first-order valence-electron chi connectivity index (χ1n) is 12.5. The maximum Gasteiger partial charge on any atom is 0.159 e. The quantitative estimate of drug-likeness (QED) is 0.369. The summed E-state index contributed by atoms with van der Waals surface area (Å²) in [5.41, 5.74) is 2.95. The largest absolute Gasteiger partial charge is 0.361 e. The molecule has 1 N–H and O–H groups in total. The molecule has 1 heterocycles. The number of fused-ring (bicyclic) bond motifs is 1. The summed E-state index contributed by atoms with van der Waals surface area (Å²) in [6.45, 7) is 17.1. The van der Waals surface area contributed by atoms with Crippen molar-refractivity contribution in [1.29, 1.82) is 0 Å². The van der Waals surface area contributed by atoms with Gasteiger partial charge in [-0.05, 0) is 66.8 Å². The summed E-state index contributed by atoms with van der Waals surface area (Å²) in [4.78, 5) is 14.1. The van der Waals surface area contributed by atoms with E-state index >= 15 is 0 Å². The number of H-pyrrole nitrogens is 1. The highest BCUT2D eigenvalue weighted by Gasteiger charge is 2.02. The van der Waals surface area contributed by atoms with Crippen LogP contribution < -0.4 is 0 Å². The predicted molar refractivity (Wildman–Crippen MR) is 144 cm³/mol. The first-order chi connectivity index (χ1) is 15.7. The fourth-order valence-electron chi connectivity index (χ4n) is 3.40. The van der Waals surface area contributed by atoms with E-state index in [0.717, 1.165) is 34.7 Å². The molecule has 184 valence electrons. The van der Waals surface area contributed by atoms with Crippen LogP contribution in [0, 0.1) is 17.7 Å². The van der Waals surface area contributed by atoms with Crippen LogP contribution in [0.4, 0.5) is 4.39 Å². The maximum absolute atomic E-state index is 12.2. The van der Waals surface area contributed by atoms with Gasteiger partial charge in [-0.3, -0.25) is 4.79 Å². The van der Waals surface area contributed by atoms with Crippen molar-refractivity contribution in [3.8, 4) is 0 Å². The Kier molecular flexibility index (Phi) is 16.7. The Labute approximate surface area is 202 Å². The Hall–Kier alpha value is -2.42. The highest BCUT2D eigenvalue weighted by molar-refractivity contribution is 5.97. The number of carbonyl (C=O) groups is 1. The molecule has 0 aliphatic heterocycles. The average molecular weight is 456 g/mol. The number of benzene rings is 2. The lowest BCUT2D eigenvalue weighted by Crippen LogP contribution is -1.98. The molecule has 0 spiro atoms. The van der Waals surface area contributed by atoms with Crippen LogP contribution in [0.2, 0.25) is 0 Å². The van der Waals surface area contributed by atoms with E-state index in [4.69, 9.17) is 0 Å². The van der Waals surface area contributed by atoms with Crippen molar-refractivity contribution >= 4 is 16.7 Å². The topological polar surface area (TPSA) is 32.9 Å². The summed E-state index contributed by atoms with van der Waals surface area (Å²) in [5, 5.41) is 1.14. The Balaban J connectivity index is 0.000000446. The van der Waals surface area contributed by atoms with Crippen LogP contribution >= 0.6 is 0 Å².